The van der Waals surface area contributed by atoms with Gasteiger partial charge in [-0.05, 0) is 316 Å². The van der Waals surface area contributed by atoms with Gasteiger partial charge in [0.25, 0.3) is 0 Å². The Kier molecular flexibility index (Phi) is 27.7. The van der Waals surface area contributed by atoms with Crippen LogP contribution in [0.4, 0.5) is 0 Å². The number of ketones is 1. The lowest BCUT2D eigenvalue weighted by atomic mass is 9.34. The third kappa shape index (κ3) is 16.7. The third-order valence-electron chi connectivity index (χ3n) is 35.4. The molecule has 0 heterocycles. The van der Waals surface area contributed by atoms with Crippen LogP contribution in [0.3, 0.4) is 0 Å². The van der Waals surface area contributed by atoms with E-state index in [1.165, 1.54) is 86.8 Å². The summed E-state index contributed by atoms with van der Waals surface area (Å²) in [5.74, 6) is -0.106. The highest BCUT2D eigenvalue weighted by Crippen LogP contribution is 2.80. The normalized spacial score (nSPS) is 39.1. The number of nitrogens with zero attached hydrogens (tertiary/aromatic N) is 3. The van der Waals surface area contributed by atoms with Crippen LogP contribution < -0.4 is 9.47 Å². The lowest BCUT2D eigenvalue weighted by molar-refractivity contribution is -0.156. The van der Waals surface area contributed by atoms with E-state index in [1.54, 1.807) is 11.6 Å². The van der Waals surface area contributed by atoms with Crippen molar-refractivity contribution in [3.8, 4) is 41.2 Å². The highest BCUT2D eigenvalue weighted by Gasteiger charge is 2.71. The second-order valence-electron chi connectivity index (χ2n) is 44.4. The number of ether oxygens (including phenoxy) is 3. The number of aliphatic hydroxyl groups is 2. The summed E-state index contributed by atoms with van der Waals surface area (Å²) < 4.78 is 15.4. The number of aromatic hydroxyl groups is 2. The molecule has 2 aromatic rings. The number of carbonyl (C=O) groups excluding carboxylic acids is 5. The number of fused-ring (bicyclic) bond motifs is 21. The summed E-state index contributed by atoms with van der Waals surface area (Å²) in [5, 5.41) is 70.6. The van der Waals surface area contributed by atoms with Crippen LogP contribution in [0.25, 0.3) is 0 Å². The van der Waals surface area contributed by atoms with Gasteiger partial charge in [0.2, 0.25) is 5.78 Å². The van der Waals surface area contributed by atoms with Crippen LogP contribution in [0.2, 0.25) is 0 Å². The van der Waals surface area contributed by atoms with Gasteiger partial charge < -0.3 is 34.6 Å². The number of hydrogen-bond acceptors (Lipinski definition) is 18. The molecule has 0 aliphatic heterocycles. The molecule has 2 aromatic carbocycles. The van der Waals surface area contributed by atoms with E-state index >= 15 is 0 Å². The van der Waals surface area contributed by atoms with Crippen LogP contribution >= 0.6 is 36.2 Å². The minimum Gasteiger partial charge on any atom is -0.504 e. The Morgan fingerprint density at radius 3 is 1.17 bits per heavy atom. The van der Waals surface area contributed by atoms with Crippen molar-refractivity contribution in [2.24, 2.45) is 88.1 Å². The maximum absolute atomic E-state index is 12.6. The summed E-state index contributed by atoms with van der Waals surface area (Å²) in [6.07, 6.45) is 34.1. The number of thioether (sulfide) groups is 2. The molecular formula is C105H149N3O12S3. The first-order chi connectivity index (χ1) is 56.8. The number of rotatable bonds is 6. The summed E-state index contributed by atoms with van der Waals surface area (Å²) in [7, 11) is 1.00. The fraction of sp³-hybridized carbons (Fsp3) is 0.695. The first-order valence-electron chi connectivity index (χ1n) is 45.8. The number of thiol groups is 1. The van der Waals surface area contributed by atoms with Gasteiger partial charge in [-0.3, -0.25) is 24.0 Å². The SMILES string of the molecule is CC(=O)OC(C)=O.CC(=O)Oc1cc2c(c(C)c1OC(C)=O)C(SC(C)C)C=C1[C@@]2(C)CC[C@@]2(C)[C@@H]3C[C@](C)(C#N)CC[C@]3(C)CC[C@]12C.CC(C)S.CC1=C(O)C(=O)C=C2C1=CC=C1[C@@]2(C)CC[C@@]2(C)[C@@H]3C[C@](C)(C#N)CC[C@]3(C)CC[C@]12C.CO.Cc1c(O)c(O)cc2c1C(SC(C)C)C=C1[C@@]2(C)CC[C@@]2(C)[C@@H]3C[C@](C)(C#N)CC[C@]3(C)CC[C@]12C. The molecule has 2 unspecified atom stereocenters. The van der Waals surface area contributed by atoms with Gasteiger partial charge in [0.15, 0.2) is 28.8 Å². The molecule has 4 N–H and O–H groups in total. The quantitative estimate of drug-likeness (QED) is 0.0449. The Balaban J connectivity index is 0.000000181. The molecular weight excluding hydrogens is 1590 g/mol. The van der Waals surface area contributed by atoms with Crippen LogP contribution in [0.1, 0.15) is 359 Å². The first-order valence-corrected chi connectivity index (χ1v) is 48.2. The van der Waals surface area contributed by atoms with Gasteiger partial charge in [-0.1, -0.05) is 166 Å². The average molecular weight is 1740 g/mol. The number of hydrogen-bond donors (Lipinski definition) is 5. The largest absolute Gasteiger partial charge is 0.504 e. The van der Waals surface area contributed by atoms with Crippen molar-refractivity contribution < 1.29 is 58.6 Å². The van der Waals surface area contributed by atoms with Crippen molar-refractivity contribution >= 4 is 65.8 Å². The molecule has 0 radical (unpaired) electrons. The van der Waals surface area contributed by atoms with Crippen molar-refractivity contribution in [2.45, 2.75) is 366 Å². The van der Waals surface area contributed by atoms with E-state index in [2.05, 4.69) is 191 Å². The van der Waals surface area contributed by atoms with E-state index in [9.17, 15) is 55.1 Å². The molecule has 15 rings (SSSR count). The molecule has 674 valence electrons. The number of phenolic OH excluding ortho intramolecular Hbond substituents is 2. The highest BCUT2D eigenvalue weighted by atomic mass is 32.2. The van der Waals surface area contributed by atoms with Crippen molar-refractivity contribution in [2.75, 3.05) is 7.11 Å². The van der Waals surface area contributed by atoms with Crippen LogP contribution in [0.5, 0.6) is 23.0 Å². The molecule has 0 spiro atoms. The van der Waals surface area contributed by atoms with E-state index < -0.39 is 23.9 Å². The Hall–Kier alpha value is -6.49. The predicted molar refractivity (Wildman–Crippen MR) is 499 cm³/mol. The zero-order valence-electron chi connectivity index (χ0n) is 80.2. The number of esters is 4. The van der Waals surface area contributed by atoms with Crippen molar-refractivity contribution in [3.63, 3.8) is 0 Å². The summed E-state index contributed by atoms with van der Waals surface area (Å²) in [6.45, 7) is 60.3. The molecule has 0 bridgehead atoms. The molecule has 18 heteroatoms. The molecule has 9 fully saturated rings. The van der Waals surface area contributed by atoms with Gasteiger partial charge in [-0.2, -0.15) is 28.4 Å². The van der Waals surface area contributed by atoms with Gasteiger partial charge in [-0.25, -0.2) is 0 Å². The maximum Gasteiger partial charge on any atom is 0.310 e. The second kappa shape index (κ2) is 34.5. The van der Waals surface area contributed by atoms with Gasteiger partial charge in [0.1, 0.15) is 0 Å². The molecule has 13 aliphatic rings. The Labute approximate surface area is 752 Å². The minimum absolute atomic E-state index is 0.00815. The fourth-order valence-corrected chi connectivity index (χ4v) is 30.1. The minimum atomic E-state index is -0.562. The van der Waals surface area contributed by atoms with Crippen LogP contribution in [0.15, 0.2) is 81.7 Å². The average Bonchev–Trinajstić information content (AvgIpc) is 0.679. The van der Waals surface area contributed by atoms with E-state index in [0.717, 1.165) is 139 Å². The molecule has 0 aromatic heterocycles. The molecule has 123 heavy (non-hydrogen) atoms. The smallest absolute Gasteiger partial charge is 0.310 e. The zero-order valence-corrected chi connectivity index (χ0v) is 82.7. The standard InChI is InChI=1S/C36H49NO4S.C32H45NO2S.C29H37NO2.C4H6O3.C3H8S.CH4O/c1-21(2)42-27-18-28-34(8,25-17-26(40-23(4)38)31(41-24(5)39)22(3)30(25)27)14-16-36(10)29-19-32(6,20-37)11-12-33(29,7)13-15-35(28,36)9;1-19(2)36-23-16-24-30(6,21-15-22(34)27(35)20(3)26(21)23)12-14-32(8)25-17-28(4,18-33)9-10-29(25,5)11-13-31(24,32)7;1-18-19-7-8-22-27(4,20(19)15-21(31)24(18)32)12-14-29(6)23-16-25(2,17-30)9-10-26(23,3)11-13-28(22,29)5;1-3(5)7-4(2)6;1-3(2)4;1-2/h17-18,21,27,29H,11-16,19H2,1-10H3;15-16,19,23,25,34-35H,9-14,17H2,1-8H3;7-8,15,23,32H,9-14,16H2,1-6H3;1-2H3;3-4H,1-2H3;2H,1H3/t27?,29-,32-,33-,34+,35-,36+;23?,25-,28-,29-,30+,31-,32+;23-,25-,26-,27+,28-,29+;;;/m111.../s1. The number of phenols is 2. The number of aliphatic hydroxyl groups excluding tert-OH is 2. The Bertz CT molecular complexity index is 4890. The maximum atomic E-state index is 12.6. The van der Waals surface area contributed by atoms with Crippen molar-refractivity contribution in [3.05, 3.63) is 115 Å². The summed E-state index contributed by atoms with van der Waals surface area (Å²) in [4.78, 5) is 56.6. The molecule has 0 amide bonds. The molecule has 9 saturated carbocycles. The van der Waals surface area contributed by atoms with Gasteiger partial charge in [0, 0.05) is 72.7 Å². The fourth-order valence-electron chi connectivity index (χ4n) is 27.6. The monoisotopic (exact) mass is 1740 g/mol. The van der Waals surface area contributed by atoms with Gasteiger partial charge in [0.05, 0.1) is 34.5 Å². The van der Waals surface area contributed by atoms with Crippen molar-refractivity contribution in [1.29, 1.82) is 15.8 Å². The number of benzene rings is 2. The lowest BCUT2D eigenvalue weighted by Gasteiger charge is -2.70. The van der Waals surface area contributed by atoms with Crippen LogP contribution in [-0.2, 0) is 39.5 Å². The lowest BCUT2D eigenvalue weighted by Crippen LogP contribution is -2.62. The van der Waals surface area contributed by atoms with E-state index in [0.29, 0.717) is 61.4 Å². The Morgan fingerprint density at radius 2 is 0.821 bits per heavy atom. The third-order valence-corrected chi connectivity index (χ3v) is 37.8. The van der Waals surface area contributed by atoms with E-state index in [1.807, 2.05) is 70.3 Å². The first kappa shape index (κ1) is 98.7. The molecule has 15 nitrogen and oxygen atoms in total. The van der Waals surface area contributed by atoms with E-state index in [4.69, 9.17) is 14.6 Å². The summed E-state index contributed by atoms with van der Waals surface area (Å²) >= 11 is 7.85. The predicted octanol–water partition coefficient (Wildman–Crippen LogP) is 26.1. The summed E-state index contributed by atoms with van der Waals surface area (Å²) in [5.41, 5.74) is 13.8. The number of nitriles is 3. The van der Waals surface area contributed by atoms with Crippen molar-refractivity contribution in [1.82, 2.24) is 0 Å². The van der Waals surface area contributed by atoms with E-state index in [-0.39, 0.29) is 104 Å². The van der Waals surface area contributed by atoms with Crippen LogP contribution in [-0.4, -0.2) is 72.9 Å². The topological polar surface area (TPSA) is 265 Å². The summed E-state index contributed by atoms with van der Waals surface area (Å²) in [6, 6.07) is 12.0. The second-order valence-corrected chi connectivity index (χ2v) is 48.9. The van der Waals surface area contributed by atoms with Crippen LogP contribution in [0, 0.1) is 136 Å². The molecule has 13 aliphatic carbocycles. The zero-order chi connectivity index (χ0) is 92.3. The molecule has 0 saturated heterocycles. The highest BCUT2D eigenvalue weighted by molar-refractivity contribution is 8.00. The van der Waals surface area contributed by atoms with Gasteiger partial charge in [-0.15, -0.1) is 23.5 Å². The van der Waals surface area contributed by atoms with Gasteiger partial charge >= 0.3 is 23.9 Å². The Morgan fingerprint density at radius 1 is 0.472 bits per heavy atom. The number of carbonyl (C=O) groups is 5. The molecule has 20 atom stereocenters. The number of allylic oxidation sites excluding steroid dienone is 9.